The van der Waals surface area contributed by atoms with Gasteiger partial charge in [-0.2, -0.15) is 0 Å². The van der Waals surface area contributed by atoms with E-state index in [1.807, 2.05) is 17.5 Å². The summed E-state index contributed by atoms with van der Waals surface area (Å²) in [5.74, 6) is 0.404. The number of nitrogens with one attached hydrogen (secondary N) is 1. The van der Waals surface area contributed by atoms with E-state index in [9.17, 15) is 4.79 Å². The Kier molecular flexibility index (Phi) is 5.49. The van der Waals surface area contributed by atoms with Gasteiger partial charge in [0.25, 0.3) is 0 Å². The first-order valence-electron chi connectivity index (χ1n) is 5.51. The first kappa shape index (κ1) is 13.2. The molecule has 0 saturated heterocycles. The summed E-state index contributed by atoms with van der Waals surface area (Å²) in [6, 6.07) is 3.98. The second-order valence-electron chi connectivity index (χ2n) is 4.17. The summed E-state index contributed by atoms with van der Waals surface area (Å²) < 4.78 is 5.43. The molecule has 0 radical (unpaired) electrons. The van der Waals surface area contributed by atoms with Gasteiger partial charge in [-0.1, -0.05) is 19.9 Å². The highest BCUT2D eigenvalue weighted by atomic mass is 32.1. The molecular formula is C12H19NO2S. The molecule has 0 fully saturated rings. The molecule has 0 unspecified atom stereocenters. The number of hydrogen-bond acceptors (Lipinski definition) is 3. The van der Waals surface area contributed by atoms with Gasteiger partial charge in [0.15, 0.2) is 0 Å². The standard InChI is InChI=1S/C12H19NO2S/c1-9(2)8-15-10(3)12(14)13-7-11-5-4-6-16-11/h4-6,9-10H,7-8H2,1-3H3,(H,13,14)/t10-/m1/s1. The number of hydrogen-bond donors (Lipinski definition) is 1. The molecular weight excluding hydrogens is 222 g/mol. The molecule has 0 bridgehead atoms. The van der Waals surface area contributed by atoms with Crippen LogP contribution in [-0.2, 0) is 16.1 Å². The first-order valence-corrected chi connectivity index (χ1v) is 6.39. The summed E-state index contributed by atoms with van der Waals surface area (Å²) in [7, 11) is 0. The van der Waals surface area contributed by atoms with Crippen molar-refractivity contribution in [1.29, 1.82) is 0 Å². The van der Waals surface area contributed by atoms with E-state index in [0.29, 0.717) is 19.1 Å². The average Bonchev–Trinajstić information content (AvgIpc) is 2.75. The maximum absolute atomic E-state index is 11.6. The summed E-state index contributed by atoms with van der Waals surface area (Å²) in [5.41, 5.74) is 0. The highest BCUT2D eigenvalue weighted by Gasteiger charge is 2.13. The minimum atomic E-state index is -0.373. The topological polar surface area (TPSA) is 38.3 Å². The fourth-order valence-corrected chi connectivity index (χ4v) is 1.79. The summed E-state index contributed by atoms with van der Waals surface area (Å²) in [4.78, 5) is 12.8. The van der Waals surface area contributed by atoms with E-state index in [2.05, 4.69) is 19.2 Å². The third-order valence-corrected chi connectivity index (χ3v) is 2.94. The van der Waals surface area contributed by atoms with Crippen LogP contribution < -0.4 is 5.32 Å². The smallest absolute Gasteiger partial charge is 0.249 e. The van der Waals surface area contributed by atoms with Gasteiger partial charge in [0.05, 0.1) is 6.54 Å². The van der Waals surface area contributed by atoms with Crippen molar-refractivity contribution in [2.45, 2.75) is 33.4 Å². The predicted octanol–water partition coefficient (Wildman–Crippen LogP) is 2.43. The number of thiophene rings is 1. The highest BCUT2D eigenvalue weighted by molar-refractivity contribution is 7.09. The summed E-state index contributed by atoms with van der Waals surface area (Å²) in [6.45, 7) is 7.12. The fraction of sp³-hybridized carbons (Fsp3) is 0.583. The largest absolute Gasteiger partial charge is 0.368 e. The van der Waals surface area contributed by atoms with Gasteiger partial charge >= 0.3 is 0 Å². The van der Waals surface area contributed by atoms with Crippen LogP contribution in [0, 0.1) is 5.92 Å². The van der Waals surface area contributed by atoms with Crippen LogP contribution in [0.2, 0.25) is 0 Å². The van der Waals surface area contributed by atoms with Crippen LogP contribution in [0.1, 0.15) is 25.6 Å². The van der Waals surface area contributed by atoms with Crippen LogP contribution in [0.5, 0.6) is 0 Å². The Morgan fingerprint density at radius 1 is 1.50 bits per heavy atom. The molecule has 1 amide bonds. The average molecular weight is 241 g/mol. The number of carbonyl (C=O) groups is 1. The van der Waals surface area contributed by atoms with E-state index < -0.39 is 0 Å². The quantitative estimate of drug-likeness (QED) is 0.830. The lowest BCUT2D eigenvalue weighted by Gasteiger charge is -2.14. The van der Waals surface area contributed by atoms with Gasteiger partial charge in [-0.15, -0.1) is 11.3 Å². The summed E-state index contributed by atoms with van der Waals surface area (Å²) >= 11 is 1.64. The van der Waals surface area contributed by atoms with Gasteiger partial charge in [-0.25, -0.2) is 0 Å². The molecule has 16 heavy (non-hydrogen) atoms. The lowest BCUT2D eigenvalue weighted by molar-refractivity contribution is -0.132. The van der Waals surface area contributed by atoms with Crippen molar-refractivity contribution < 1.29 is 9.53 Å². The van der Waals surface area contributed by atoms with E-state index >= 15 is 0 Å². The molecule has 0 aliphatic heterocycles. The first-order chi connectivity index (χ1) is 7.59. The molecule has 0 spiro atoms. The second kappa shape index (κ2) is 6.66. The van der Waals surface area contributed by atoms with E-state index in [1.165, 1.54) is 0 Å². The van der Waals surface area contributed by atoms with Crippen molar-refractivity contribution in [3.05, 3.63) is 22.4 Å². The molecule has 90 valence electrons. The van der Waals surface area contributed by atoms with Crippen LogP contribution in [0.3, 0.4) is 0 Å². The van der Waals surface area contributed by atoms with Gasteiger partial charge < -0.3 is 10.1 Å². The molecule has 3 nitrogen and oxygen atoms in total. The molecule has 1 aromatic heterocycles. The van der Waals surface area contributed by atoms with E-state index in [1.54, 1.807) is 18.3 Å². The third-order valence-electron chi connectivity index (χ3n) is 2.07. The minimum absolute atomic E-state index is 0.0472. The molecule has 1 N–H and O–H groups in total. The monoisotopic (exact) mass is 241 g/mol. The Morgan fingerprint density at radius 3 is 2.81 bits per heavy atom. The lowest BCUT2D eigenvalue weighted by Crippen LogP contribution is -2.34. The zero-order valence-corrected chi connectivity index (χ0v) is 10.8. The van der Waals surface area contributed by atoms with Crippen molar-refractivity contribution >= 4 is 17.2 Å². The van der Waals surface area contributed by atoms with Gasteiger partial charge in [0.1, 0.15) is 6.10 Å². The molecule has 1 rings (SSSR count). The van der Waals surface area contributed by atoms with Crippen LogP contribution in [0.15, 0.2) is 17.5 Å². The number of amides is 1. The van der Waals surface area contributed by atoms with Crippen molar-refractivity contribution in [2.24, 2.45) is 5.92 Å². The van der Waals surface area contributed by atoms with E-state index in [4.69, 9.17) is 4.74 Å². The van der Waals surface area contributed by atoms with Crippen LogP contribution in [0.4, 0.5) is 0 Å². The highest BCUT2D eigenvalue weighted by Crippen LogP contribution is 2.07. The van der Waals surface area contributed by atoms with Crippen LogP contribution in [0.25, 0.3) is 0 Å². The van der Waals surface area contributed by atoms with E-state index in [-0.39, 0.29) is 12.0 Å². The predicted molar refractivity (Wildman–Crippen MR) is 66.4 cm³/mol. The van der Waals surface area contributed by atoms with Gasteiger partial charge in [-0.3, -0.25) is 4.79 Å². The molecule has 0 aliphatic carbocycles. The number of carbonyl (C=O) groups excluding carboxylic acids is 1. The van der Waals surface area contributed by atoms with Crippen molar-refractivity contribution in [3.8, 4) is 0 Å². The van der Waals surface area contributed by atoms with Gasteiger partial charge in [0.2, 0.25) is 5.91 Å². The molecule has 1 heterocycles. The normalized spacial score (nSPS) is 12.8. The molecule has 4 heteroatoms. The number of ether oxygens (including phenoxy) is 1. The maximum Gasteiger partial charge on any atom is 0.249 e. The maximum atomic E-state index is 11.6. The van der Waals surface area contributed by atoms with E-state index in [0.717, 1.165) is 4.88 Å². The lowest BCUT2D eigenvalue weighted by atomic mass is 10.2. The number of rotatable bonds is 6. The van der Waals surface area contributed by atoms with Crippen LogP contribution >= 0.6 is 11.3 Å². The Hall–Kier alpha value is -0.870. The third kappa shape index (κ3) is 4.77. The molecule has 0 aliphatic rings. The van der Waals surface area contributed by atoms with Crippen molar-refractivity contribution in [2.75, 3.05) is 6.61 Å². The van der Waals surface area contributed by atoms with Crippen molar-refractivity contribution in [3.63, 3.8) is 0 Å². The zero-order valence-electron chi connectivity index (χ0n) is 10.0. The summed E-state index contributed by atoms with van der Waals surface area (Å²) in [6.07, 6.45) is -0.373. The Balaban J connectivity index is 2.23. The van der Waals surface area contributed by atoms with Crippen molar-refractivity contribution in [1.82, 2.24) is 5.32 Å². The van der Waals surface area contributed by atoms with Gasteiger partial charge in [-0.05, 0) is 24.3 Å². The molecule has 0 saturated carbocycles. The molecule has 0 aromatic carbocycles. The summed E-state index contributed by atoms with van der Waals surface area (Å²) in [5, 5.41) is 4.86. The zero-order chi connectivity index (χ0) is 12.0. The Bertz CT molecular complexity index is 309. The van der Waals surface area contributed by atoms with Crippen LogP contribution in [-0.4, -0.2) is 18.6 Å². The second-order valence-corrected chi connectivity index (χ2v) is 5.20. The molecule has 1 atom stereocenters. The SMILES string of the molecule is CC(C)CO[C@H](C)C(=O)NCc1cccs1. The minimum Gasteiger partial charge on any atom is -0.368 e. The molecule has 1 aromatic rings. The Morgan fingerprint density at radius 2 is 2.25 bits per heavy atom. The Labute approximate surface area is 101 Å². The van der Waals surface area contributed by atoms with Gasteiger partial charge in [0, 0.05) is 11.5 Å². The fourth-order valence-electron chi connectivity index (χ4n) is 1.14.